The van der Waals surface area contributed by atoms with Crippen LogP contribution in [0.1, 0.15) is 35.7 Å². The first-order chi connectivity index (χ1) is 9.11. The molecule has 1 aromatic rings. The first kappa shape index (κ1) is 13.9. The monoisotopic (exact) mass is 262 g/mol. The molecule has 0 saturated carbocycles. The summed E-state index contributed by atoms with van der Waals surface area (Å²) in [5.74, 6) is 0.370. The molecule has 0 aliphatic carbocycles. The van der Waals surface area contributed by atoms with E-state index in [2.05, 4.69) is 11.8 Å². The minimum Gasteiger partial charge on any atom is -0.465 e. The van der Waals surface area contributed by atoms with Crippen LogP contribution in [-0.4, -0.2) is 31.1 Å². The van der Waals surface area contributed by atoms with E-state index in [1.807, 2.05) is 12.1 Å². The Morgan fingerprint density at radius 2 is 2.32 bits per heavy atom. The van der Waals surface area contributed by atoms with Gasteiger partial charge in [-0.2, -0.15) is 0 Å². The second-order valence-corrected chi connectivity index (χ2v) is 5.36. The Morgan fingerprint density at radius 1 is 1.53 bits per heavy atom. The molecule has 1 unspecified atom stereocenters. The molecule has 4 heteroatoms. The fraction of sp³-hybridized carbons (Fsp3) is 0.533. The molecule has 1 aromatic carbocycles. The van der Waals surface area contributed by atoms with Gasteiger partial charge in [0.05, 0.1) is 12.7 Å². The van der Waals surface area contributed by atoms with Gasteiger partial charge in [0.2, 0.25) is 0 Å². The molecule has 0 radical (unpaired) electrons. The molecule has 1 aliphatic heterocycles. The van der Waals surface area contributed by atoms with Gasteiger partial charge in [-0.1, -0.05) is 19.1 Å². The average molecular weight is 262 g/mol. The van der Waals surface area contributed by atoms with Gasteiger partial charge >= 0.3 is 5.97 Å². The lowest BCUT2D eigenvalue weighted by Gasteiger charge is -2.31. The molecule has 4 nitrogen and oxygen atoms in total. The van der Waals surface area contributed by atoms with Crippen molar-refractivity contribution >= 4 is 11.7 Å². The number of nitrogen functional groups attached to an aromatic ring is 1. The number of piperidine rings is 1. The Balaban J connectivity index is 2.19. The highest BCUT2D eigenvalue weighted by atomic mass is 16.5. The van der Waals surface area contributed by atoms with Gasteiger partial charge in [-0.3, -0.25) is 4.90 Å². The Labute approximate surface area is 114 Å². The molecule has 1 atom stereocenters. The van der Waals surface area contributed by atoms with Crippen LogP contribution < -0.4 is 5.73 Å². The maximum absolute atomic E-state index is 11.8. The third kappa shape index (κ3) is 3.26. The number of nitrogens with zero attached hydrogens (tertiary/aromatic N) is 1. The molecule has 2 rings (SSSR count). The molecule has 0 bridgehead atoms. The summed E-state index contributed by atoms with van der Waals surface area (Å²) in [5, 5.41) is 0. The quantitative estimate of drug-likeness (QED) is 0.670. The number of esters is 1. The zero-order chi connectivity index (χ0) is 13.8. The number of carbonyl (C=O) groups is 1. The first-order valence-electron chi connectivity index (χ1n) is 6.80. The third-order valence-corrected chi connectivity index (χ3v) is 3.71. The SMILES string of the molecule is COC(=O)c1c(N)cccc1CN1CCCC(C)C1. The van der Waals surface area contributed by atoms with E-state index < -0.39 is 0 Å². The number of nitrogens with two attached hydrogens (primary N) is 1. The summed E-state index contributed by atoms with van der Waals surface area (Å²) in [6.45, 7) is 5.20. The van der Waals surface area contributed by atoms with E-state index in [0.29, 0.717) is 11.3 Å². The summed E-state index contributed by atoms with van der Waals surface area (Å²) in [5.41, 5.74) is 7.88. The summed E-state index contributed by atoms with van der Waals surface area (Å²) in [4.78, 5) is 14.2. The Hall–Kier alpha value is -1.55. The number of ether oxygens (including phenoxy) is 1. The van der Waals surface area contributed by atoms with E-state index in [4.69, 9.17) is 10.5 Å². The minimum absolute atomic E-state index is 0.349. The number of carbonyl (C=O) groups excluding carboxylic acids is 1. The molecule has 1 fully saturated rings. The van der Waals surface area contributed by atoms with Crippen LogP contribution in [0.15, 0.2) is 18.2 Å². The van der Waals surface area contributed by atoms with Crippen molar-refractivity contribution in [2.45, 2.75) is 26.3 Å². The predicted octanol–water partition coefficient (Wildman–Crippen LogP) is 2.29. The molecule has 0 aromatic heterocycles. The molecule has 0 amide bonds. The van der Waals surface area contributed by atoms with Crippen LogP contribution in [0.4, 0.5) is 5.69 Å². The molecule has 2 N–H and O–H groups in total. The molecule has 1 heterocycles. The molecule has 1 aliphatic rings. The van der Waals surface area contributed by atoms with E-state index in [0.717, 1.165) is 31.1 Å². The lowest BCUT2D eigenvalue weighted by molar-refractivity contribution is 0.0599. The standard InChI is InChI=1S/C15H22N2O2/c1-11-5-4-8-17(9-11)10-12-6-3-7-13(16)14(12)15(18)19-2/h3,6-7,11H,4-5,8-10,16H2,1-2H3. The van der Waals surface area contributed by atoms with Crippen molar-refractivity contribution in [2.75, 3.05) is 25.9 Å². The number of hydrogen-bond donors (Lipinski definition) is 1. The second-order valence-electron chi connectivity index (χ2n) is 5.36. The van der Waals surface area contributed by atoms with Crippen LogP contribution in [0.5, 0.6) is 0 Å². The van der Waals surface area contributed by atoms with Gasteiger partial charge in [0.25, 0.3) is 0 Å². The predicted molar refractivity (Wildman–Crippen MR) is 75.9 cm³/mol. The Morgan fingerprint density at radius 3 is 3.00 bits per heavy atom. The summed E-state index contributed by atoms with van der Waals surface area (Å²) in [6.07, 6.45) is 2.51. The Bertz CT molecular complexity index is 459. The van der Waals surface area contributed by atoms with E-state index in [-0.39, 0.29) is 5.97 Å². The van der Waals surface area contributed by atoms with Gasteiger partial charge in [-0.15, -0.1) is 0 Å². The van der Waals surface area contributed by atoms with Gasteiger partial charge in [-0.25, -0.2) is 4.79 Å². The normalized spacial score (nSPS) is 20.2. The van der Waals surface area contributed by atoms with E-state index >= 15 is 0 Å². The van der Waals surface area contributed by atoms with Crippen molar-refractivity contribution in [3.8, 4) is 0 Å². The third-order valence-electron chi connectivity index (χ3n) is 3.71. The van der Waals surface area contributed by atoms with Crippen molar-refractivity contribution < 1.29 is 9.53 Å². The lowest BCUT2D eigenvalue weighted by atomic mass is 9.98. The van der Waals surface area contributed by atoms with Crippen molar-refractivity contribution in [1.29, 1.82) is 0 Å². The number of likely N-dealkylation sites (tertiary alicyclic amines) is 1. The summed E-state index contributed by atoms with van der Waals surface area (Å²) >= 11 is 0. The summed E-state index contributed by atoms with van der Waals surface area (Å²) in [6, 6.07) is 5.60. The highest BCUT2D eigenvalue weighted by molar-refractivity contribution is 5.96. The highest BCUT2D eigenvalue weighted by Crippen LogP contribution is 2.23. The van der Waals surface area contributed by atoms with Gasteiger partial charge in [0.1, 0.15) is 0 Å². The van der Waals surface area contributed by atoms with E-state index in [9.17, 15) is 4.79 Å². The number of rotatable bonds is 3. The largest absolute Gasteiger partial charge is 0.465 e. The van der Waals surface area contributed by atoms with E-state index in [1.54, 1.807) is 6.07 Å². The minimum atomic E-state index is -0.349. The second kappa shape index (κ2) is 6.06. The summed E-state index contributed by atoms with van der Waals surface area (Å²) < 4.78 is 4.83. The van der Waals surface area contributed by atoms with Gasteiger partial charge in [0, 0.05) is 18.8 Å². The number of benzene rings is 1. The number of hydrogen-bond acceptors (Lipinski definition) is 4. The maximum Gasteiger partial charge on any atom is 0.340 e. The first-order valence-corrected chi connectivity index (χ1v) is 6.80. The molecule has 19 heavy (non-hydrogen) atoms. The Kier molecular flexibility index (Phi) is 4.43. The van der Waals surface area contributed by atoms with Crippen LogP contribution in [0.3, 0.4) is 0 Å². The van der Waals surface area contributed by atoms with Crippen LogP contribution in [0.25, 0.3) is 0 Å². The fourth-order valence-corrected chi connectivity index (χ4v) is 2.77. The van der Waals surface area contributed by atoms with Crippen molar-refractivity contribution in [2.24, 2.45) is 5.92 Å². The van der Waals surface area contributed by atoms with Crippen LogP contribution >= 0.6 is 0 Å². The van der Waals surface area contributed by atoms with Gasteiger partial charge in [-0.05, 0) is 36.9 Å². The zero-order valence-corrected chi connectivity index (χ0v) is 11.7. The van der Waals surface area contributed by atoms with Crippen molar-refractivity contribution in [1.82, 2.24) is 4.90 Å². The smallest absolute Gasteiger partial charge is 0.340 e. The molecular weight excluding hydrogens is 240 g/mol. The fourth-order valence-electron chi connectivity index (χ4n) is 2.77. The summed E-state index contributed by atoms with van der Waals surface area (Å²) in [7, 11) is 1.39. The lowest BCUT2D eigenvalue weighted by Crippen LogP contribution is -2.34. The van der Waals surface area contributed by atoms with Crippen molar-refractivity contribution in [3.63, 3.8) is 0 Å². The molecule has 1 saturated heterocycles. The van der Waals surface area contributed by atoms with Gasteiger partial charge < -0.3 is 10.5 Å². The number of anilines is 1. The highest BCUT2D eigenvalue weighted by Gasteiger charge is 2.20. The van der Waals surface area contributed by atoms with Crippen molar-refractivity contribution in [3.05, 3.63) is 29.3 Å². The molecular formula is C15H22N2O2. The van der Waals surface area contributed by atoms with Crippen LogP contribution in [-0.2, 0) is 11.3 Å². The van der Waals surface area contributed by atoms with Crippen LogP contribution in [0.2, 0.25) is 0 Å². The maximum atomic E-state index is 11.8. The van der Waals surface area contributed by atoms with Crippen LogP contribution in [0, 0.1) is 5.92 Å². The molecule has 104 valence electrons. The molecule has 0 spiro atoms. The average Bonchev–Trinajstić information content (AvgIpc) is 2.38. The zero-order valence-electron chi connectivity index (χ0n) is 11.7. The van der Waals surface area contributed by atoms with E-state index in [1.165, 1.54) is 20.0 Å². The van der Waals surface area contributed by atoms with Gasteiger partial charge in [0.15, 0.2) is 0 Å². The topological polar surface area (TPSA) is 55.6 Å². The number of methoxy groups -OCH3 is 1.